The van der Waals surface area contributed by atoms with Gasteiger partial charge in [0.05, 0.1) is 6.61 Å². The molecule has 0 saturated heterocycles. The van der Waals surface area contributed by atoms with E-state index in [-0.39, 0.29) is 18.3 Å². The van der Waals surface area contributed by atoms with E-state index in [1.807, 2.05) is 19.9 Å². The van der Waals surface area contributed by atoms with Crippen LogP contribution in [-0.4, -0.2) is 10.3 Å². The summed E-state index contributed by atoms with van der Waals surface area (Å²) in [5, 5.41) is 13.7. The first-order valence-electron chi connectivity index (χ1n) is 7.01. The standard InChI is InChI=1S/C16H18FNO2/c1-9(2)11-4-3-5-13(17)14(11)15-12(8-19)16(20-18-15)10-6-7-10/h3-5,9-10,19H,6-8H2,1-2H3. The van der Waals surface area contributed by atoms with Gasteiger partial charge >= 0.3 is 0 Å². The lowest BCUT2D eigenvalue weighted by Crippen LogP contribution is -1.99. The van der Waals surface area contributed by atoms with Crippen molar-refractivity contribution in [3.63, 3.8) is 0 Å². The van der Waals surface area contributed by atoms with Crippen LogP contribution in [0.3, 0.4) is 0 Å². The minimum atomic E-state index is -0.318. The Morgan fingerprint density at radius 1 is 1.40 bits per heavy atom. The Kier molecular flexibility index (Phi) is 3.34. The Bertz CT molecular complexity index is 629. The van der Waals surface area contributed by atoms with Crippen LogP contribution in [0.4, 0.5) is 4.39 Å². The highest BCUT2D eigenvalue weighted by atomic mass is 19.1. The van der Waals surface area contributed by atoms with Gasteiger partial charge in [0.15, 0.2) is 0 Å². The van der Waals surface area contributed by atoms with E-state index in [1.54, 1.807) is 6.07 Å². The Balaban J connectivity index is 2.18. The largest absolute Gasteiger partial charge is 0.391 e. The highest BCUT2D eigenvalue weighted by Crippen LogP contribution is 2.45. The van der Waals surface area contributed by atoms with E-state index in [9.17, 15) is 9.50 Å². The van der Waals surface area contributed by atoms with Crippen LogP contribution in [0.15, 0.2) is 22.7 Å². The fraction of sp³-hybridized carbons (Fsp3) is 0.438. The summed E-state index contributed by atoms with van der Waals surface area (Å²) < 4.78 is 19.7. The maximum atomic E-state index is 14.3. The molecule has 1 N–H and O–H groups in total. The number of rotatable bonds is 4. The van der Waals surface area contributed by atoms with Crippen LogP contribution in [0.1, 0.15) is 55.4 Å². The second-order valence-corrected chi connectivity index (χ2v) is 5.67. The number of aliphatic hydroxyl groups is 1. The van der Waals surface area contributed by atoms with Gasteiger partial charge in [0.1, 0.15) is 17.3 Å². The third-order valence-electron chi connectivity index (χ3n) is 3.83. The zero-order valence-electron chi connectivity index (χ0n) is 11.7. The normalized spacial score (nSPS) is 15.1. The molecule has 3 nitrogen and oxygen atoms in total. The molecule has 0 atom stereocenters. The first-order chi connectivity index (χ1) is 9.63. The van der Waals surface area contributed by atoms with Gasteiger partial charge < -0.3 is 9.63 Å². The lowest BCUT2D eigenvalue weighted by Gasteiger charge is -2.12. The molecule has 0 radical (unpaired) electrons. The molecule has 2 aromatic rings. The van der Waals surface area contributed by atoms with Gasteiger partial charge in [-0.2, -0.15) is 0 Å². The van der Waals surface area contributed by atoms with E-state index in [0.717, 1.165) is 24.2 Å². The second-order valence-electron chi connectivity index (χ2n) is 5.67. The van der Waals surface area contributed by atoms with Crippen molar-refractivity contribution in [3.05, 3.63) is 40.9 Å². The van der Waals surface area contributed by atoms with Crippen molar-refractivity contribution in [1.82, 2.24) is 5.16 Å². The first-order valence-corrected chi connectivity index (χ1v) is 7.01. The number of aliphatic hydroxyl groups excluding tert-OH is 1. The number of halogens is 1. The lowest BCUT2D eigenvalue weighted by atomic mass is 9.93. The van der Waals surface area contributed by atoms with Crippen molar-refractivity contribution in [1.29, 1.82) is 0 Å². The predicted octanol–water partition coefficient (Wildman–Crippen LogP) is 3.97. The van der Waals surface area contributed by atoms with Gasteiger partial charge in [-0.3, -0.25) is 0 Å². The van der Waals surface area contributed by atoms with E-state index in [4.69, 9.17) is 4.52 Å². The lowest BCUT2D eigenvalue weighted by molar-refractivity contribution is 0.277. The molecule has 1 aliphatic carbocycles. The molecule has 0 spiro atoms. The van der Waals surface area contributed by atoms with E-state index in [0.29, 0.717) is 22.7 Å². The Morgan fingerprint density at radius 3 is 2.75 bits per heavy atom. The van der Waals surface area contributed by atoms with Gasteiger partial charge in [0.25, 0.3) is 0 Å². The molecular formula is C16H18FNO2. The molecule has 1 heterocycles. The summed E-state index contributed by atoms with van der Waals surface area (Å²) in [7, 11) is 0. The number of hydrogen-bond donors (Lipinski definition) is 1. The van der Waals surface area contributed by atoms with Gasteiger partial charge in [-0.05, 0) is 30.4 Å². The molecule has 3 rings (SSSR count). The van der Waals surface area contributed by atoms with E-state index in [2.05, 4.69) is 5.16 Å². The number of benzene rings is 1. The fourth-order valence-electron chi connectivity index (χ4n) is 2.61. The molecule has 106 valence electrons. The van der Waals surface area contributed by atoms with Crippen LogP contribution in [0.2, 0.25) is 0 Å². The smallest absolute Gasteiger partial charge is 0.145 e. The molecule has 0 unspecified atom stereocenters. The van der Waals surface area contributed by atoms with Gasteiger partial charge in [-0.15, -0.1) is 0 Å². The molecule has 20 heavy (non-hydrogen) atoms. The quantitative estimate of drug-likeness (QED) is 0.918. The molecule has 0 bridgehead atoms. The van der Waals surface area contributed by atoms with Crippen molar-refractivity contribution in [2.24, 2.45) is 0 Å². The topological polar surface area (TPSA) is 46.3 Å². The van der Waals surface area contributed by atoms with Crippen LogP contribution < -0.4 is 0 Å². The van der Waals surface area contributed by atoms with Crippen molar-refractivity contribution in [2.45, 2.75) is 45.1 Å². The van der Waals surface area contributed by atoms with Gasteiger partial charge in [-0.1, -0.05) is 31.1 Å². The summed E-state index contributed by atoms with van der Waals surface area (Å²) in [5.74, 6) is 0.919. The number of aromatic nitrogens is 1. The zero-order valence-corrected chi connectivity index (χ0v) is 11.7. The van der Waals surface area contributed by atoms with Crippen LogP contribution in [-0.2, 0) is 6.61 Å². The molecule has 1 aromatic carbocycles. The van der Waals surface area contributed by atoms with E-state index < -0.39 is 0 Å². The molecule has 1 aromatic heterocycles. The molecule has 1 aliphatic rings. The average Bonchev–Trinajstić information content (AvgIpc) is 3.18. The fourth-order valence-corrected chi connectivity index (χ4v) is 2.61. The van der Waals surface area contributed by atoms with E-state index in [1.165, 1.54) is 6.07 Å². The number of hydrogen-bond acceptors (Lipinski definition) is 3. The summed E-state index contributed by atoms with van der Waals surface area (Å²) in [6.45, 7) is 3.86. The Morgan fingerprint density at radius 2 is 2.15 bits per heavy atom. The molecule has 0 aliphatic heterocycles. The van der Waals surface area contributed by atoms with Gasteiger partial charge in [-0.25, -0.2) is 4.39 Å². The molecule has 4 heteroatoms. The van der Waals surface area contributed by atoms with Crippen LogP contribution >= 0.6 is 0 Å². The van der Waals surface area contributed by atoms with Crippen LogP contribution in [0.5, 0.6) is 0 Å². The summed E-state index contributed by atoms with van der Waals surface area (Å²) in [6.07, 6.45) is 2.10. The minimum Gasteiger partial charge on any atom is -0.391 e. The Hall–Kier alpha value is -1.68. The summed E-state index contributed by atoms with van der Waals surface area (Å²) >= 11 is 0. The maximum Gasteiger partial charge on any atom is 0.145 e. The second kappa shape index (κ2) is 5.02. The summed E-state index contributed by atoms with van der Waals surface area (Å²) in [5.41, 5.74) is 2.44. The third-order valence-corrected chi connectivity index (χ3v) is 3.83. The van der Waals surface area contributed by atoms with Gasteiger partial charge in [0, 0.05) is 17.0 Å². The highest BCUT2D eigenvalue weighted by molar-refractivity contribution is 5.69. The highest BCUT2D eigenvalue weighted by Gasteiger charge is 2.33. The SMILES string of the molecule is CC(C)c1cccc(F)c1-c1noc(C2CC2)c1CO. The molecule has 1 saturated carbocycles. The molecular weight excluding hydrogens is 257 g/mol. The van der Waals surface area contributed by atoms with Crippen molar-refractivity contribution in [2.75, 3.05) is 0 Å². The molecule has 1 fully saturated rings. The summed E-state index contributed by atoms with van der Waals surface area (Å²) in [6, 6.07) is 5.03. The predicted molar refractivity (Wildman–Crippen MR) is 73.9 cm³/mol. The van der Waals surface area contributed by atoms with E-state index >= 15 is 0 Å². The van der Waals surface area contributed by atoms with Crippen molar-refractivity contribution >= 4 is 0 Å². The van der Waals surface area contributed by atoms with Crippen LogP contribution in [0, 0.1) is 5.82 Å². The Labute approximate surface area is 117 Å². The zero-order chi connectivity index (χ0) is 14.3. The first kappa shape index (κ1) is 13.3. The minimum absolute atomic E-state index is 0.170. The third kappa shape index (κ3) is 2.14. The van der Waals surface area contributed by atoms with Gasteiger partial charge in [0.2, 0.25) is 0 Å². The molecule has 0 amide bonds. The monoisotopic (exact) mass is 275 g/mol. The average molecular weight is 275 g/mol. The van der Waals surface area contributed by atoms with Crippen molar-refractivity contribution < 1.29 is 14.0 Å². The maximum absolute atomic E-state index is 14.3. The van der Waals surface area contributed by atoms with Crippen LogP contribution in [0.25, 0.3) is 11.3 Å². The van der Waals surface area contributed by atoms with Crippen molar-refractivity contribution in [3.8, 4) is 11.3 Å². The summed E-state index contributed by atoms with van der Waals surface area (Å²) in [4.78, 5) is 0. The number of nitrogens with zero attached hydrogens (tertiary/aromatic N) is 1.